The van der Waals surface area contributed by atoms with Crippen molar-refractivity contribution in [3.05, 3.63) is 11.1 Å². The Kier molecular flexibility index (Phi) is 2.15. The molecule has 4 aliphatic carbocycles. The minimum atomic E-state index is 0.309. The Morgan fingerprint density at radius 3 is 2.28 bits per heavy atom. The van der Waals surface area contributed by atoms with Crippen molar-refractivity contribution in [3.8, 4) is 0 Å². The lowest BCUT2D eigenvalue weighted by Crippen LogP contribution is -2.65. The molecule has 0 amide bonds. The molecule has 1 heteroatoms. The average molecular weight is 246 g/mol. The molecule has 2 bridgehead atoms. The second-order valence-corrected chi connectivity index (χ2v) is 8.20. The Labute approximate surface area is 111 Å². The third-order valence-corrected chi connectivity index (χ3v) is 7.31. The predicted molar refractivity (Wildman–Crippen MR) is 74.2 cm³/mol. The van der Waals surface area contributed by atoms with Crippen LogP contribution >= 0.6 is 0 Å². The van der Waals surface area contributed by atoms with Crippen LogP contribution in [0, 0.1) is 28.1 Å². The van der Waals surface area contributed by atoms with E-state index in [0.717, 1.165) is 17.9 Å². The molecular formula is C17H26O. The number of hydrogen-bond acceptors (Lipinski definition) is 1. The highest BCUT2D eigenvalue weighted by Gasteiger charge is 2.70. The molecule has 3 saturated carbocycles. The first-order chi connectivity index (χ1) is 8.13. The molecule has 0 radical (unpaired) electrons. The minimum Gasteiger partial charge on any atom is -0.295 e. The van der Waals surface area contributed by atoms with Crippen LogP contribution in [0.25, 0.3) is 0 Å². The standard InChI is InChI=1S/C17H26O/c1-10-12(11(2)18)7-17(6)13(10)8-16(5)9-14(17)15(16,3)4/h13-14H,7-9H2,1-6H3. The minimum absolute atomic E-state index is 0.309. The van der Waals surface area contributed by atoms with E-state index in [1.807, 2.05) is 0 Å². The molecule has 0 heterocycles. The fourth-order valence-corrected chi connectivity index (χ4v) is 5.62. The van der Waals surface area contributed by atoms with Crippen molar-refractivity contribution >= 4 is 5.78 Å². The van der Waals surface area contributed by atoms with E-state index in [0.29, 0.717) is 27.9 Å². The summed E-state index contributed by atoms with van der Waals surface area (Å²) in [7, 11) is 0. The van der Waals surface area contributed by atoms with E-state index in [1.165, 1.54) is 18.4 Å². The van der Waals surface area contributed by atoms with Crippen molar-refractivity contribution in [1.82, 2.24) is 0 Å². The Morgan fingerprint density at radius 1 is 1.17 bits per heavy atom. The summed E-state index contributed by atoms with van der Waals surface area (Å²) in [5.41, 5.74) is 3.86. The highest BCUT2D eigenvalue weighted by Crippen LogP contribution is 2.77. The van der Waals surface area contributed by atoms with Gasteiger partial charge in [-0.3, -0.25) is 4.79 Å². The predicted octanol–water partition coefficient (Wildman–Crippen LogP) is 4.37. The van der Waals surface area contributed by atoms with Crippen molar-refractivity contribution in [2.45, 2.75) is 60.8 Å². The van der Waals surface area contributed by atoms with Crippen LogP contribution in [0.2, 0.25) is 0 Å². The lowest BCUT2D eigenvalue weighted by atomic mass is 9.32. The van der Waals surface area contributed by atoms with Gasteiger partial charge in [0.1, 0.15) is 0 Å². The van der Waals surface area contributed by atoms with Gasteiger partial charge in [0.05, 0.1) is 0 Å². The molecular weight excluding hydrogens is 220 g/mol. The van der Waals surface area contributed by atoms with Crippen LogP contribution in [0.5, 0.6) is 0 Å². The highest BCUT2D eigenvalue weighted by atomic mass is 16.1. The molecule has 0 spiro atoms. The topological polar surface area (TPSA) is 17.1 Å². The molecule has 1 nitrogen and oxygen atoms in total. The van der Waals surface area contributed by atoms with E-state index in [-0.39, 0.29) is 0 Å². The lowest BCUT2D eigenvalue weighted by molar-refractivity contribution is -0.228. The van der Waals surface area contributed by atoms with Crippen LogP contribution < -0.4 is 0 Å². The first kappa shape index (κ1) is 12.4. The zero-order valence-electron chi connectivity index (χ0n) is 12.7. The number of ketones is 1. The van der Waals surface area contributed by atoms with E-state index in [1.54, 1.807) is 6.92 Å². The molecule has 0 saturated heterocycles. The van der Waals surface area contributed by atoms with Crippen LogP contribution in [0.15, 0.2) is 11.1 Å². The average Bonchev–Trinajstić information content (AvgIpc) is 2.52. The van der Waals surface area contributed by atoms with Gasteiger partial charge in [0.25, 0.3) is 0 Å². The van der Waals surface area contributed by atoms with Gasteiger partial charge in [-0.2, -0.15) is 0 Å². The van der Waals surface area contributed by atoms with E-state index >= 15 is 0 Å². The van der Waals surface area contributed by atoms with Crippen LogP contribution in [0.4, 0.5) is 0 Å². The SMILES string of the molecule is CC(=O)C1=C(C)C2CC3(C)CC(C2(C)C1)C3(C)C. The molecule has 4 rings (SSSR count). The molecule has 100 valence electrons. The van der Waals surface area contributed by atoms with Gasteiger partial charge in [0.15, 0.2) is 5.78 Å². The largest absolute Gasteiger partial charge is 0.295 e. The Bertz CT molecular complexity index is 470. The molecule has 4 atom stereocenters. The summed E-state index contributed by atoms with van der Waals surface area (Å²) < 4.78 is 0. The molecule has 4 aliphatic rings. The maximum absolute atomic E-state index is 11.8. The van der Waals surface area contributed by atoms with E-state index < -0.39 is 0 Å². The summed E-state index contributed by atoms with van der Waals surface area (Å²) in [6, 6.07) is 0. The van der Waals surface area contributed by atoms with Gasteiger partial charge in [0.2, 0.25) is 0 Å². The van der Waals surface area contributed by atoms with Gasteiger partial charge in [-0.25, -0.2) is 0 Å². The summed E-state index contributed by atoms with van der Waals surface area (Å²) >= 11 is 0. The van der Waals surface area contributed by atoms with Crippen LogP contribution in [-0.2, 0) is 4.79 Å². The molecule has 0 aromatic heterocycles. The number of carbonyl (C=O) groups excluding carboxylic acids is 1. The second kappa shape index (κ2) is 3.11. The van der Waals surface area contributed by atoms with Crippen LogP contribution in [0.3, 0.4) is 0 Å². The maximum atomic E-state index is 11.8. The first-order valence-electron chi connectivity index (χ1n) is 7.34. The van der Waals surface area contributed by atoms with Gasteiger partial charge < -0.3 is 0 Å². The molecule has 18 heavy (non-hydrogen) atoms. The fourth-order valence-electron chi connectivity index (χ4n) is 5.62. The second-order valence-electron chi connectivity index (χ2n) is 8.20. The van der Waals surface area contributed by atoms with E-state index in [2.05, 4.69) is 34.6 Å². The number of carbonyl (C=O) groups is 1. The molecule has 0 aliphatic heterocycles. The third-order valence-electron chi connectivity index (χ3n) is 7.31. The molecule has 0 N–H and O–H groups in total. The van der Waals surface area contributed by atoms with Crippen molar-refractivity contribution in [2.24, 2.45) is 28.1 Å². The zero-order chi connectivity index (χ0) is 13.5. The first-order valence-corrected chi connectivity index (χ1v) is 7.34. The van der Waals surface area contributed by atoms with Gasteiger partial charge >= 0.3 is 0 Å². The highest BCUT2D eigenvalue weighted by molar-refractivity contribution is 5.95. The lowest BCUT2D eigenvalue weighted by Gasteiger charge is -2.72. The summed E-state index contributed by atoms with van der Waals surface area (Å²) in [6.07, 6.45) is 3.68. The summed E-state index contributed by atoms with van der Waals surface area (Å²) in [6.45, 7) is 13.8. The number of hydrogen-bond donors (Lipinski definition) is 0. The van der Waals surface area contributed by atoms with Crippen molar-refractivity contribution in [2.75, 3.05) is 0 Å². The summed E-state index contributed by atoms with van der Waals surface area (Å²) in [5, 5.41) is 0. The Hall–Kier alpha value is -0.590. The van der Waals surface area contributed by atoms with Crippen molar-refractivity contribution < 1.29 is 4.79 Å². The van der Waals surface area contributed by atoms with Crippen molar-refractivity contribution in [1.29, 1.82) is 0 Å². The monoisotopic (exact) mass is 246 g/mol. The van der Waals surface area contributed by atoms with Gasteiger partial charge in [0, 0.05) is 0 Å². The Balaban J connectivity index is 2.04. The van der Waals surface area contributed by atoms with Crippen LogP contribution in [-0.4, -0.2) is 5.78 Å². The molecule has 0 aromatic rings. The van der Waals surface area contributed by atoms with Gasteiger partial charge in [-0.15, -0.1) is 0 Å². The molecule has 3 fully saturated rings. The zero-order valence-corrected chi connectivity index (χ0v) is 12.7. The number of rotatable bonds is 1. The van der Waals surface area contributed by atoms with Gasteiger partial charge in [-0.05, 0) is 66.8 Å². The summed E-state index contributed by atoms with van der Waals surface area (Å²) in [5.74, 6) is 1.76. The number of allylic oxidation sites excluding steroid dienone is 2. The summed E-state index contributed by atoms with van der Waals surface area (Å²) in [4.78, 5) is 11.8. The fraction of sp³-hybridized carbons (Fsp3) is 0.824. The van der Waals surface area contributed by atoms with Gasteiger partial charge in [-0.1, -0.05) is 33.3 Å². The smallest absolute Gasteiger partial charge is 0.155 e. The normalized spacial score (nSPS) is 48.8. The van der Waals surface area contributed by atoms with Crippen LogP contribution in [0.1, 0.15) is 60.8 Å². The van der Waals surface area contributed by atoms with E-state index in [9.17, 15) is 4.79 Å². The molecule has 4 unspecified atom stereocenters. The van der Waals surface area contributed by atoms with E-state index in [4.69, 9.17) is 0 Å². The number of Topliss-reactive ketones (excluding diaryl/α,β-unsaturated/α-hetero) is 1. The maximum Gasteiger partial charge on any atom is 0.155 e. The third kappa shape index (κ3) is 1.12. The Morgan fingerprint density at radius 2 is 1.78 bits per heavy atom. The molecule has 0 aromatic carbocycles. The quantitative estimate of drug-likeness (QED) is 0.671. The van der Waals surface area contributed by atoms with Crippen molar-refractivity contribution in [3.63, 3.8) is 0 Å².